The van der Waals surface area contributed by atoms with E-state index >= 15 is 0 Å². The SMILES string of the molecule is CC(N)CCNS(=O)(=O)c1cc2c(cc1Br)NC(=O)CO2.Cl. The predicted molar refractivity (Wildman–Crippen MR) is 89.0 cm³/mol. The van der Waals surface area contributed by atoms with Gasteiger partial charge in [0, 0.05) is 23.1 Å². The Bertz CT molecular complexity index is 667. The van der Waals surface area contributed by atoms with Crippen LogP contribution in [-0.2, 0) is 14.8 Å². The van der Waals surface area contributed by atoms with E-state index in [9.17, 15) is 13.2 Å². The number of hydrogen-bond acceptors (Lipinski definition) is 5. The van der Waals surface area contributed by atoms with Crippen molar-refractivity contribution in [1.29, 1.82) is 0 Å². The van der Waals surface area contributed by atoms with E-state index in [0.717, 1.165) is 0 Å². The first-order valence-corrected chi connectivity index (χ1v) is 8.58. The molecule has 1 unspecified atom stereocenters. The zero-order valence-corrected chi connectivity index (χ0v) is 15.0. The predicted octanol–water partition coefficient (Wildman–Crippen LogP) is 1.22. The molecule has 22 heavy (non-hydrogen) atoms. The number of nitrogens with one attached hydrogen (secondary N) is 2. The van der Waals surface area contributed by atoms with Gasteiger partial charge in [-0.25, -0.2) is 13.1 Å². The lowest BCUT2D eigenvalue weighted by Gasteiger charge is -2.19. The molecule has 0 radical (unpaired) electrons. The lowest BCUT2D eigenvalue weighted by atomic mass is 10.2. The monoisotopic (exact) mass is 413 g/mol. The van der Waals surface area contributed by atoms with Gasteiger partial charge in [-0.15, -0.1) is 12.4 Å². The topological polar surface area (TPSA) is 111 Å². The van der Waals surface area contributed by atoms with E-state index in [1.165, 1.54) is 12.1 Å². The summed E-state index contributed by atoms with van der Waals surface area (Å²) in [5, 5.41) is 2.61. The molecule has 0 spiro atoms. The normalized spacial score (nSPS) is 15.1. The molecular formula is C12H17BrClN3O4S. The molecule has 0 saturated carbocycles. The second-order valence-corrected chi connectivity index (χ2v) is 7.37. The summed E-state index contributed by atoms with van der Waals surface area (Å²) < 4.78 is 32.6. The van der Waals surface area contributed by atoms with Gasteiger partial charge in [0.2, 0.25) is 10.0 Å². The van der Waals surface area contributed by atoms with E-state index in [-0.39, 0.29) is 42.4 Å². The molecule has 0 aromatic heterocycles. The number of amides is 1. The van der Waals surface area contributed by atoms with Crippen molar-refractivity contribution in [2.24, 2.45) is 5.73 Å². The first-order chi connectivity index (χ1) is 9.79. The van der Waals surface area contributed by atoms with Gasteiger partial charge in [-0.3, -0.25) is 4.79 Å². The molecule has 1 aromatic rings. The number of benzene rings is 1. The van der Waals surface area contributed by atoms with Crippen molar-refractivity contribution in [3.63, 3.8) is 0 Å². The zero-order valence-electron chi connectivity index (χ0n) is 11.8. The lowest BCUT2D eigenvalue weighted by Crippen LogP contribution is -2.30. The minimum Gasteiger partial charge on any atom is -0.482 e. The molecular weight excluding hydrogens is 398 g/mol. The highest BCUT2D eigenvalue weighted by molar-refractivity contribution is 9.10. The Kier molecular flexibility index (Phi) is 6.63. The summed E-state index contributed by atoms with van der Waals surface area (Å²) in [7, 11) is -3.68. The van der Waals surface area contributed by atoms with Gasteiger partial charge >= 0.3 is 0 Å². The van der Waals surface area contributed by atoms with Crippen LogP contribution in [0.3, 0.4) is 0 Å². The molecule has 124 valence electrons. The molecule has 0 fully saturated rings. The van der Waals surface area contributed by atoms with Crippen molar-refractivity contribution in [3.05, 3.63) is 16.6 Å². The van der Waals surface area contributed by atoms with E-state index in [0.29, 0.717) is 22.3 Å². The van der Waals surface area contributed by atoms with Crippen molar-refractivity contribution in [2.45, 2.75) is 24.3 Å². The fraction of sp³-hybridized carbons (Fsp3) is 0.417. The summed E-state index contributed by atoms with van der Waals surface area (Å²) in [5.74, 6) is 0.0467. The van der Waals surface area contributed by atoms with E-state index in [2.05, 4.69) is 26.0 Å². The molecule has 1 atom stereocenters. The number of sulfonamides is 1. The minimum atomic E-state index is -3.68. The van der Waals surface area contributed by atoms with Gasteiger partial charge in [-0.05, 0) is 35.3 Å². The number of nitrogens with two attached hydrogens (primary N) is 1. The number of fused-ring (bicyclic) bond motifs is 1. The maximum atomic E-state index is 12.3. The molecule has 2 rings (SSSR count). The van der Waals surface area contributed by atoms with Crippen molar-refractivity contribution in [2.75, 3.05) is 18.5 Å². The van der Waals surface area contributed by atoms with Crippen LogP contribution in [0.15, 0.2) is 21.5 Å². The van der Waals surface area contributed by atoms with Gasteiger partial charge in [-0.1, -0.05) is 0 Å². The summed E-state index contributed by atoms with van der Waals surface area (Å²) in [5.41, 5.74) is 6.03. The van der Waals surface area contributed by atoms with Gasteiger partial charge in [0.05, 0.1) is 10.6 Å². The number of carbonyl (C=O) groups excluding carboxylic acids is 1. The van der Waals surface area contributed by atoms with Gasteiger partial charge in [0.1, 0.15) is 5.75 Å². The molecule has 1 amide bonds. The second kappa shape index (κ2) is 7.60. The smallest absolute Gasteiger partial charge is 0.262 e. The number of rotatable bonds is 5. The fourth-order valence-corrected chi connectivity index (χ4v) is 3.89. The second-order valence-electron chi connectivity index (χ2n) is 4.78. The van der Waals surface area contributed by atoms with Gasteiger partial charge in [0.15, 0.2) is 6.61 Å². The van der Waals surface area contributed by atoms with Crippen LogP contribution < -0.4 is 20.5 Å². The summed E-state index contributed by atoms with van der Waals surface area (Å²) in [4.78, 5) is 11.3. The van der Waals surface area contributed by atoms with Crippen molar-refractivity contribution in [1.82, 2.24) is 4.72 Å². The molecule has 1 aliphatic heterocycles. The third-order valence-electron chi connectivity index (χ3n) is 2.85. The van der Waals surface area contributed by atoms with Crippen molar-refractivity contribution in [3.8, 4) is 5.75 Å². The molecule has 0 saturated heterocycles. The summed E-state index contributed by atoms with van der Waals surface area (Å²) in [6, 6.07) is 2.80. The molecule has 7 nitrogen and oxygen atoms in total. The standard InChI is InChI=1S/C12H16BrN3O4S.ClH/c1-7(14)2-3-15-21(18,19)11-5-10-9(4-8(11)13)16-12(17)6-20-10;/h4-5,7,15H,2-3,6,14H2,1H3,(H,16,17);1H. The van der Waals surface area contributed by atoms with E-state index in [4.69, 9.17) is 10.5 Å². The van der Waals surface area contributed by atoms with Crippen LogP contribution >= 0.6 is 28.3 Å². The number of halogens is 2. The van der Waals surface area contributed by atoms with E-state index in [1.807, 2.05) is 0 Å². The quantitative estimate of drug-likeness (QED) is 0.671. The molecule has 4 N–H and O–H groups in total. The Balaban J connectivity index is 0.00000242. The Morgan fingerprint density at radius 3 is 2.82 bits per heavy atom. The maximum absolute atomic E-state index is 12.3. The maximum Gasteiger partial charge on any atom is 0.262 e. The van der Waals surface area contributed by atoms with Crippen LogP contribution in [-0.4, -0.2) is 33.5 Å². The molecule has 0 aliphatic carbocycles. The molecule has 1 heterocycles. The zero-order chi connectivity index (χ0) is 15.6. The van der Waals surface area contributed by atoms with Crippen LogP contribution in [0.25, 0.3) is 0 Å². The molecule has 1 aliphatic rings. The molecule has 0 bridgehead atoms. The van der Waals surface area contributed by atoms with Gasteiger partial charge in [-0.2, -0.15) is 0 Å². The summed E-state index contributed by atoms with van der Waals surface area (Å²) >= 11 is 3.20. The van der Waals surface area contributed by atoms with E-state index < -0.39 is 10.0 Å². The fourth-order valence-electron chi connectivity index (χ4n) is 1.79. The van der Waals surface area contributed by atoms with Crippen LogP contribution in [0, 0.1) is 0 Å². The lowest BCUT2D eigenvalue weighted by molar-refractivity contribution is -0.118. The number of anilines is 1. The minimum absolute atomic E-state index is 0. The van der Waals surface area contributed by atoms with Crippen molar-refractivity contribution < 1.29 is 17.9 Å². The average molecular weight is 415 g/mol. The largest absolute Gasteiger partial charge is 0.482 e. The van der Waals surface area contributed by atoms with Crippen LogP contribution in [0.1, 0.15) is 13.3 Å². The summed E-state index contributed by atoms with van der Waals surface area (Å²) in [6.07, 6.45) is 0.536. The Morgan fingerprint density at radius 2 is 2.18 bits per heavy atom. The number of carbonyl (C=O) groups is 1. The van der Waals surface area contributed by atoms with Crippen molar-refractivity contribution >= 4 is 50.0 Å². The average Bonchev–Trinajstić information content (AvgIpc) is 2.36. The van der Waals surface area contributed by atoms with Gasteiger partial charge < -0.3 is 15.8 Å². The van der Waals surface area contributed by atoms with Crippen LogP contribution in [0.5, 0.6) is 5.75 Å². The Morgan fingerprint density at radius 1 is 1.50 bits per heavy atom. The highest BCUT2D eigenvalue weighted by Crippen LogP contribution is 2.35. The highest BCUT2D eigenvalue weighted by Gasteiger charge is 2.24. The van der Waals surface area contributed by atoms with E-state index in [1.54, 1.807) is 6.92 Å². The van der Waals surface area contributed by atoms with Crippen LogP contribution in [0.4, 0.5) is 5.69 Å². The molecule has 10 heteroatoms. The Hall–Kier alpha value is -0.870. The third kappa shape index (κ3) is 4.56. The molecule has 1 aromatic carbocycles. The Labute approximate surface area is 143 Å². The van der Waals surface area contributed by atoms with Crippen LogP contribution in [0.2, 0.25) is 0 Å². The third-order valence-corrected chi connectivity index (χ3v) is 5.27. The first kappa shape index (κ1) is 19.2. The first-order valence-electron chi connectivity index (χ1n) is 6.31. The number of hydrogen-bond donors (Lipinski definition) is 3. The number of ether oxygens (including phenoxy) is 1. The van der Waals surface area contributed by atoms with Gasteiger partial charge in [0.25, 0.3) is 5.91 Å². The summed E-state index contributed by atoms with van der Waals surface area (Å²) in [6.45, 7) is 1.92. The highest BCUT2D eigenvalue weighted by atomic mass is 79.9.